The second-order valence-corrected chi connectivity index (χ2v) is 7.33. The summed E-state index contributed by atoms with van der Waals surface area (Å²) in [4.78, 5) is 10.7. The van der Waals surface area contributed by atoms with Gasteiger partial charge in [-0.25, -0.2) is 9.37 Å². The molecule has 0 bridgehead atoms. The molecule has 1 fully saturated rings. The molecule has 0 aliphatic heterocycles. The van der Waals surface area contributed by atoms with E-state index in [9.17, 15) is 4.39 Å². The van der Waals surface area contributed by atoms with Crippen LogP contribution in [0.3, 0.4) is 0 Å². The van der Waals surface area contributed by atoms with Crippen LogP contribution in [0, 0.1) is 19.7 Å². The van der Waals surface area contributed by atoms with Crippen molar-refractivity contribution in [2.45, 2.75) is 45.6 Å². The van der Waals surface area contributed by atoms with Gasteiger partial charge in [-0.05, 0) is 32.8 Å². The van der Waals surface area contributed by atoms with Crippen LogP contribution in [0.1, 0.15) is 36.3 Å². The van der Waals surface area contributed by atoms with Crippen molar-refractivity contribution in [3.05, 3.63) is 34.8 Å². The molecule has 120 valence electrons. The molecule has 1 aliphatic rings. The number of nitrogens with one attached hydrogen (secondary N) is 1. The van der Waals surface area contributed by atoms with Gasteiger partial charge in [-0.2, -0.15) is 0 Å². The van der Waals surface area contributed by atoms with E-state index < -0.39 is 0 Å². The highest BCUT2D eigenvalue weighted by Crippen LogP contribution is 2.36. The van der Waals surface area contributed by atoms with Crippen LogP contribution in [-0.2, 0) is 0 Å². The molecule has 1 aliphatic carbocycles. The first-order valence-corrected chi connectivity index (χ1v) is 8.81. The summed E-state index contributed by atoms with van der Waals surface area (Å²) in [6, 6.07) is 2.14. The molecule has 1 saturated carbocycles. The Labute approximate surface area is 138 Å². The Morgan fingerprint density at radius 1 is 1.30 bits per heavy atom. The third kappa shape index (κ3) is 2.41. The van der Waals surface area contributed by atoms with Gasteiger partial charge in [-0.15, -0.1) is 11.3 Å². The zero-order chi connectivity index (χ0) is 16.0. The number of aryl methyl sites for hydroxylation is 2. The Hall–Kier alpha value is -1.95. The Balaban J connectivity index is 1.90. The van der Waals surface area contributed by atoms with Gasteiger partial charge in [0.2, 0.25) is 0 Å². The lowest BCUT2D eigenvalue weighted by Gasteiger charge is -2.15. The average molecular weight is 330 g/mol. The standard InChI is InChI=1S/C17H19FN4S/c1-10-11(2)23-17-21-15(13-7-8-19-9-14(13)18)16(22(10)17)20-12-5-3-4-6-12/h7-9,12,20H,3-6H2,1-2H3. The first-order chi connectivity index (χ1) is 11.1. The predicted octanol–water partition coefficient (Wildman–Crippen LogP) is 4.57. The number of halogens is 1. The van der Waals surface area contributed by atoms with E-state index in [1.54, 1.807) is 23.6 Å². The Morgan fingerprint density at radius 3 is 2.83 bits per heavy atom. The van der Waals surface area contributed by atoms with Crippen molar-refractivity contribution in [1.29, 1.82) is 0 Å². The molecular weight excluding hydrogens is 311 g/mol. The molecule has 4 rings (SSSR count). The van der Waals surface area contributed by atoms with Gasteiger partial charge in [0.25, 0.3) is 0 Å². The third-order valence-electron chi connectivity index (χ3n) is 4.66. The lowest BCUT2D eigenvalue weighted by molar-refractivity contribution is 0.624. The zero-order valence-electron chi connectivity index (χ0n) is 13.3. The van der Waals surface area contributed by atoms with E-state index in [-0.39, 0.29) is 5.82 Å². The number of aromatic nitrogens is 3. The van der Waals surface area contributed by atoms with Gasteiger partial charge in [0.05, 0.1) is 6.20 Å². The monoisotopic (exact) mass is 330 g/mol. The van der Waals surface area contributed by atoms with Crippen molar-refractivity contribution in [1.82, 2.24) is 14.4 Å². The molecule has 3 heterocycles. The largest absolute Gasteiger partial charge is 0.367 e. The summed E-state index contributed by atoms with van der Waals surface area (Å²) in [5, 5.41) is 3.63. The number of anilines is 1. The first kappa shape index (κ1) is 14.6. The van der Waals surface area contributed by atoms with Gasteiger partial charge >= 0.3 is 0 Å². The number of pyridine rings is 1. The summed E-state index contributed by atoms with van der Waals surface area (Å²) in [5.41, 5.74) is 2.36. The van der Waals surface area contributed by atoms with Gasteiger partial charge in [0.1, 0.15) is 11.5 Å². The van der Waals surface area contributed by atoms with Crippen LogP contribution in [0.5, 0.6) is 0 Å². The zero-order valence-corrected chi connectivity index (χ0v) is 14.1. The fourth-order valence-electron chi connectivity index (χ4n) is 3.30. The van der Waals surface area contributed by atoms with E-state index in [4.69, 9.17) is 4.98 Å². The summed E-state index contributed by atoms with van der Waals surface area (Å²) in [5.74, 6) is 0.584. The molecule has 4 nitrogen and oxygen atoms in total. The van der Waals surface area contributed by atoms with E-state index in [1.807, 2.05) is 0 Å². The highest BCUT2D eigenvalue weighted by Gasteiger charge is 2.24. The summed E-state index contributed by atoms with van der Waals surface area (Å²) in [6.07, 6.45) is 7.69. The molecule has 23 heavy (non-hydrogen) atoms. The highest BCUT2D eigenvalue weighted by atomic mass is 32.1. The molecule has 0 saturated heterocycles. The van der Waals surface area contributed by atoms with Crippen molar-refractivity contribution < 1.29 is 4.39 Å². The minimum atomic E-state index is -0.331. The lowest BCUT2D eigenvalue weighted by Crippen LogP contribution is -2.16. The van der Waals surface area contributed by atoms with Crippen molar-refractivity contribution in [3.8, 4) is 11.3 Å². The topological polar surface area (TPSA) is 42.2 Å². The normalized spacial score (nSPS) is 15.6. The molecule has 0 atom stereocenters. The number of thiazole rings is 1. The first-order valence-electron chi connectivity index (χ1n) is 8.00. The van der Waals surface area contributed by atoms with Crippen LogP contribution in [0.15, 0.2) is 18.5 Å². The third-order valence-corrected chi connectivity index (χ3v) is 5.72. The van der Waals surface area contributed by atoms with Crippen molar-refractivity contribution in [3.63, 3.8) is 0 Å². The molecule has 1 N–H and O–H groups in total. The molecule has 3 aromatic heterocycles. The van der Waals surface area contributed by atoms with Gasteiger partial charge in [-0.1, -0.05) is 12.8 Å². The minimum Gasteiger partial charge on any atom is -0.367 e. The van der Waals surface area contributed by atoms with Crippen LogP contribution in [0.25, 0.3) is 16.2 Å². The number of fused-ring (bicyclic) bond motifs is 1. The molecule has 0 aromatic carbocycles. The molecule has 3 aromatic rings. The number of hydrogen-bond donors (Lipinski definition) is 1. The van der Waals surface area contributed by atoms with Crippen LogP contribution < -0.4 is 5.32 Å². The van der Waals surface area contributed by atoms with E-state index >= 15 is 0 Å². The fourth-order valence-corrected chi connectivity index (χ4v) is 4.27. The fraction of sp³-hybridized carbons (Fsp3) is 0.412. The van der Waals surface area contributed by atoms with Crippen molar-refractivity contribution in [2.75, 3.05) is 5.32 Å². The quantitative estimate of drug-likeness (QED) is 0.765. The van der Waals surface area contributed by atoms with Gasteiger partial charge < -0.3 is 5.32 Å². The van der Waals surface area contributed by atoms with Gasteiger partial charge in [0.15, 0.2) is 10.8 Å². The molecule has 0 unspecified atom stereocenters. The minimum absolute atomic E-state index is 0.331. The Morgan fingerprint density at radius 2 is 2.09 bits per heavy atom. The maximum Gasteiger partial charge on any atom is 0.196 e. The van der Waals surface area contributed by atoms with E-state index in [0.29, 0.717) is 17.3 Å². The summed E-state index contributed by atoms with van der Waals surface area (Å²) < 4.78 is 16.4. The van der Waals surface area contributed by atoms with Crippen LogP contribution in [0.2, 0.25) is 0 Å². The summed E-state index contributed by atoms with van der Waals surface area (Å²) in [7, 11) is 0. The number of hydrogen-bond acceptors (Lipinski definition) is 4. The molecule has 6 heteroatoms. The number of imidazole rings is 1. The second kappa shape index (κ2) is 5.60. The second-order valence-electron chi connectivity index (χ2n) is 6.15. The lowest BCUT2D eigenvalue weighted by atomic mass is 10.1. The molecule has 0 radical (unpaired) electrons. The van der Waals surface area contributed by atoms with E-state index in [2.05, 4.69) is 28.5 Å². The van der Waals surface area contributed by atoms with Crippen molar-refractivity contribution >= 4 is 22.1 Å². The maximum absolute atomic E-state index is 14.2. The Bertz CT molecular complexity index is 861. The van der Waals surface area contributed by atoms with Crippen molar-refractivity contribution in [2.24, 2.45) is 0 Å². The number of rotatable bonds is 3. The highest BCUT2D eigenvalue weighted by molar-refractivity contribution is 7.17. The van der Waals surface area contributed by atoms with Crippen LogP contribution in [-0.4, -0.2) is 20.4 Å². The summed E-state index contributed by atoms with van der Waals surface area (Å²) in [6.45, 7) is 4.19. The summed E-state index contributed by atoms with van der Waals surface area (Å²) >= 11 is 1.65. The molecule has 0 amide bonds. The average Bonchev–Trinajstić information content (AvgIpc) is 3.21. The van der Waals surface area contributed by atoms with Crippen LogP contribution >= 0.6 is 11.3 Å². The molecular formula is C17H19FN4S. The van der Waals surface area contributed by atoms with Gasteiger partial charge in [-0.3, -0.25) is 9.38 Å². The van der Waals surface area contributed by atoms with E-state index in [0.717, 1.165) is 23.6 Å². The molecule has 0 spiro atoms. The Kier molecular flexibility index (Phi) is 3.56. The van der Waals surface area contributed by atoms with Gasteiger partial charge in [0, 0.05) is 28.4 Å². The number of nitrogens with zero attached hydrogens (tertiary/aromatic N) is 3. The maximum atomic E-state index is 14.2. The SMILES string of the molecule is Cc1sc2nc(-c3ccncc3F)c(NC3CCCC3)n2c1C. The predicted molar refractivity (Wildman–Crippen MR) is 91.6 cm³/mol. The smallest absolute Gasteiger partial charge is 0.196 e. The van der Waals surface area contributed by atoms with E-state index in [1.165, 1.54) is 29.6 Å². The van der Waals surface area contributed by atoms with Crippen LogP contribution in [0.4, 0.5) is 10.2 Å².